The smallest absolute Gasteiger partial charge is 0.260 e. The van der Waals surface area contributed by atoms with Gasteiger partial charge in [0.15, 0.2) is 16.4 Å². The van der Waals surface area contributed by atoms with Crippen LogP contribution in [0.4, 0.5) is 0 Å². The molecule has 1 saturated heterocycles. The van der Waals surface area contributed by atoms with Gasteiger partial charge in [-0.05, 0) is 35.7 Å². The van der Waals surface area contributed by atoms with Crippen LogP contribution in [0.1, 0.15) is 26.2 Å². The van der Waals surface area contributed by atoms with Gasteiger partial charge in [-0.3, -0.25) is 4.79 Å². The van der Waals surface area contributed by atoms with E-state index < -0.39 is 9.84 Å². The number of hydrogen-bond donors (Lipinski definition) is 0. The van der Waals surface area contributed by atoms with Crippen molar-refractivity contribution in [3.63, 3.8) is 0 Å². The van der Waals surface area contributed by atoms with Gasteiger partial charge < -0.3 is 9.64 Å². The van der Waals surface area contributed by atoms with Gasteiger partial charge in [0.05, 0.1) is 11.5 Å². The Morgan fingerprint density at radius 2 is 1.96 bits per heavy atom. The van der Waals surface area contributed by atoms with E-state index in [1.165, 1.54) is 0 Å². The van der Waals surface area contributed by atoms with E-state index in [9.17, 15) is 13.2 Å². The summed E-state index contributed by atoms with van der Waals surface area (Å²) in [6.07, 6.45) is 2.33. The predicted molar refractivity (Wildman–Crippen MR) is 103 cm³/mol. The lowest BCUT2D eigenvalue weighted by atomic mass is 10.1. The Balaban J connectivity index is 1.66. The first-order valence-corrected chi connectivity index (χ1v) is 10.9. The molecule has 3 rings (SSSR count). The minimum absolute atomic E-state index is 0.0679. The van der Waals surface area contributed by atoms with Crippen molar-refractivity contribution in [1.29, 1.82) is 0 Å². The first-order chi connectivity index (χ1) is 12.5. The highest BCUT2D eigenvalue weighted by Gasteiger charge is 2.34. The molecule has 140 valence electrons. The van der Waals surface area contributed by atoms with Gasteiger partial charge >= 0.3 is 0 Å². The lowest BCUT2D eigenvalue weighted by Crippen LogP contribution is -2.44. The van der Waals surface area contributed by atoms with Crippen molar-refractivity contribution in [1.82, 2.24) is 4.90 Å². The third-order valence-corrected chi connectivity index (χ3v) is 6.56. The molecule has 1 amide bonds. The Kier molecular flexibility index (Phi) is 5.81. The lowest BCUT2D eigenvalue weighted by molar-refractivity contribution is -0.135. The second kappa shape index (κ2) is 8.08. The molecule has 6 heteroatoms. The molecule has 0 spiro atoms. The number of nitrogens with zero attached hydrogens (tertiary/aromatic N) is 1. The van der Waals surface area contributed by atoms with E-state index in [1.54, 1.807) is 4.90 Å². The van der Waals surface area contributed by atoms with Crippen LogP contribution >= 0.6 is 0 Å². The van der Waals surface area contributed by atoms with Gasteiger partial charge in [-0.15, -0.1) is 0 Å². The molecule has 5 nitrogen and oxygen atoms in total. The van der Waals surface area contributed by atoms with Gasteiger partial charge in [-0.25, -0.2) is 8.42 Å². The summed E-state index contributed by atoms with van der Waals surface area (Å²) in [6, 6.07) is 13.5. The van der Waals surface area contributed by atoms with Crippen LogP contribution in [0, 0.1) is 0 Å². The molecule has 0 saturated carbocycles. The Morgan fingerprint density at radius 1 is 1.19 bits per heavy atom. The highest BCUT2D eigenvalue weighted by molar-refractivity contribution is 7.91. The molecule has 0 unspecified atom stereocenters. The van der Waals surface area contributed by atoms with E-state index in [4.69, 9.17) is 4.74 Å². The van der Waals surface area contributed by atoms with Crippen LogP contribution in [0.25, 0.3) is 10.8 Å². The number of unbranched alkanes of at least 4 members (excludes halogenated alkanes) is 1. The van der Waals surface area contributed by atoms with E-state index in [2.05, 4.69) is 6.92 Å². The summed E-state index contributed by atoms with van der Waals surface area (Å²) in [5.41, 5.74) is 0. The molecule has 0 aromatic heterocycles. The minimum atomic E-state index is -3.03. The second-order valence-corrected chi connectivity index (χ2v) is 9.02. The number of amides is 1. The summed E-state index contributed by atoms with van der Waals surface area (Å²) in [7, 11) is -3.03. The Labute approximate surface area is 154 Å². The van der Waals surface area contributed by atoms with E-state index >= 15 is 0 Å². The molecule has 2 aromatic rings. The Morgan fingerprint density at radius 3 is 2.65 bits per heavy atom. The van der Waals surface area contributed by atoms with Crippen LogP contribution in [-0.4, -0.2) is 49.9 Å². The average molecular weight is 375 g/mol. The molecular weight excluding hydrogens is 350 g/mol. The van der Waals surface area contributed by atoms with Crippen molar-refractivity contribution in [3.8, 4) is 5.75 Å². The molecule has 26 heavy (non-hydrogen) atoms. The maximum atomic E-state index is 12.7. The van der Waals surface area contributed by atoms with Crippen LogP contribution in [0.2, 0.25) is 0 Å². The van der Waals surface area contributed by atoms with Crippen LogP contribution in [0.5, 0.6) is 5.75 Å². The largest absolute Gasteiger partial charge is 0.484 e. The third kappa shape index (κ3) is 4.55. The average Bonchev–Trinajstić information content (AvgIpc) is 2.99. The lowest BCUT2D eigenvalue weighted by Gasteiger charge is -2.28. The van der Waals surface area contributed by atoms with Crippen molar-refractivity contribution >= 4 is 26.5 Å². The van der Waals surface area contributed by atoms with Gasteiger partial charge in [-0.2, -0.15) is 0 Å². The topological polar surface area (TPSA) is 63.7 Å². The number of benzene rings is 2. The van der Waals surface area contributed by atoms with Gasteiger partial charge in [0, 0.05) is 12.6 Å². The van der Waals surface area contributed by atoms with E-state index in [1.807, 2.05) is 42.5 Å². The molecule has 1 fully saturated rings. The van der Waals surface area contributed by atoms with Gasteiger partial charge in [0.25, 0.3) is 5.91 Å². The molecule has 1 aliphatic rings. The van der Waals surface area contributed by atoms with Gasteiger partial charge in [-0.1, -0.05) is 43.7 Å². The fourth-order valence-electron chi connectivity index (χ4n) is 3.35. The normalized spacial score (nSPS) is 18.7. The van der Waals surface area contributed by atoms with Crippen LogP contribution in [0.3, 0.4) is 0 Å². The summed E-state index contributed by atoms with van der Waals surface area (Å²) >= 11 is 0. The van der Waals surface area contributed by atoms with Crippen molar-refractivity contribution in [2.75, 3.05) is 24.7 Å². The number of fused-ring (bicyclic) bond motifs is 1. The van der Waals surface area contributed by atoms with Gasteiger partial charge in [0.2, 0.25) is 0 Å². The minimum Gasteiger partial charge on any atom is -0.484 e. The zero-order valence-corrected chi connectivity index (χ0v) is 15.9. The molecule has 1 heterocycles. The van der Waals surface area contributed by atoms with Crippen LogP contribution in [-0.2, 0) is 14.6 Å². The molecule has 0 radical (unpaired) electrons. The Hall–Kier alpha value is -2.08. The van der Waals surface area contributed by atoms with E-state index in [0.717, 1.165) is 23.6 Å². The first-order valence-electron chi connectivity index (χ1n) is 9.10. The quantitative estimate of drug-likeness (QED) is 0.746. The highest BCUT2D eigenvalue weighted by Crippen LogP contribution is 2.22. The highest BCUT2D eigenvalue weighted by atomic mass is 32.2. The molecular formula is C20H25NO4S. The van der Waals surface area contributed by atoms with Crippen LogP contribution in [0.15, 0.2) is 42.5 Å². The molecule has 0 aliphatic carbocycles. The van der Waals surface area contributed by atoms with Gasteiger partial charge in [0.1, 0.15) is 5.75 Å². The number of rotatable bonds is 7. The maximum absolute atomic E-state index is 12.7. The number of carbonyl (C=O) groups excluding carboxylic acids is 1. The summed E-state index contributed by atoms with van der Waals surface area (Å²) < 4.78 is 29.3. The SMILES string of the molecule is CCCCN(C(=O)COc1ccc2ccccc2c1)[C@H]1CCS(=O)(=O)C1. The fraction of sp³-hybridized carbons (Fsp3) is 0.450. The molecule has 2 aromatic carbocycles. The Bertz CT molecular complexity index is 878. The summed E-state index contributed by atoms with van der Waals surface area (Å²) in [5.74, 6) is 0.734. The van der Waals surface area contributed by atoms with Crippen molar-refractivity contribution in [2.24, 2.45) is 0 Å². The van der Waals surface area contributed by atoms with E-state index in [0.29, 0.717) is 18.7 Å². The molecule has 0 N–H and O–H groups in total. The number of sulfone groups is 1. The molecule has 1 aliphatic heterocycles. The molecule has 1 atom stereocenters. The number of carbonyl (C=O) groups is 1. The van der Waals surface area contributed by atoms with Crippen molar-refractivity contribution in [3.05, 3.63) is 42.5 Å². The van der Waals surface area contributed by atoms with Crippen molar-refractivity contribution in [2.45, 2.75) is 32.2 Å². The monoisotopic (exact) mass is 375 g/mol. The maximum Gasteiger partial charge on any atom is 0.260 e. The standard InChI is InChI=1S/C20H25NO4S/c1-2-3-11-21(18-10-12-26(23,24)15-18)20(22)14-25-19-9-8-16-6-4-5-7-17(16)13-19/h4-9,13,18H,2-3,10-12,14-15H2,1H3/t18-/m0/s1. The molecule has 0 bridgehead atoms. The number of hydrogen-bond acceptors (Lipinski definition) is 4. The zero-order valence-electron chi connectivity index (χ0n) is 15.1. The van der Waals surface area contributed by atoms with Crippen molar-refractivity contribution < 1.29 is 17.9 Å². The summed E-state index contributed by atoms with van der Waals surface area (Å²) in [6.45, 7) is 2.56. The summed E-state index contributed by atoms with van der Waals surface area (Å²) in [5, 5.41) is 2.18. The first kappa shape index (κ1) is 18.7. The van der Waals surface area contributed by atoms with Crippen LogP contribution < -0.4 is 4.74 Å². The van der Waals surface area contributed by atoms with E-state index in [-0.39, 0.29) is 30.1 Å². The zero-order chi connectivity index (χ0) is 18.6. The summed E-state index contributed by atoms with van der Waals surface area (Å²) in [4.78, 5) is 14.4. The fourth-order valence-corrected chi connectivity index (χ4v) is 5.08. The predicted octanol–water partition coefficient (Wildman–Crippen LogP) is 3.03. The second-order valence-electron chi connectivity index (χ2n) is 6.80. The third-order valence-electron chi connectivity index (χ3n) is 4.81. The number of ether oxygens (including phenoxy) is 1.